The number of halogens is 1. The van der Waals surface area contributed by atoms with E-state index in [1.807, 2.05) is 62.9 Å². The monoisotopic (exact) mass is 700 g/mol. The van der Waals surface area contributed by atoms with Crippen molar-refractivity contribution < 1.29 is 0 Å². The molecule has 4 nitrogen and oxygen atoms in total. The molecule has 256 valence electrons. The highest BCUT2D eigenvalue weighted by atomic mass is 79.9. The molecule has 47 heavy (non-hydrogen) atoms. The van der Waals surface area contributed by atoms with Crippen molar-refractivity contribution in [1.82, 2.24) is 19.9 Å². The average Bonchev–Trinajstić information content (AvgIpc) is 3.10. The molecule has 0 aliphatic carbocycles. The molecule has 5 heteroatoms. The number of alkyl halides is 1. The third kappa shape index (κ3) is 18.3. The number of rotatable bonds is 18. The predicted molar refractivity (Wildman–Crippen MR) is 207 cm³/mol. The molecule has 4 aromatic heterocycles. The van der Waals surface area contributed by atoms with Crippen molar-refractivity contribution in [3.8, 4) is 22.8 Å². The summed E-state index contributed by atoms with van der Waals surface area (Å²) < 4.78 is 0. The second-order valence-electron chi connectivity index (χ2n) is 12.6. The molecule has 0 aliphatic rings. The van der Waals surface area contributed by atoms with Crippen molar-refractivity contribution in [1.29, 1.82) is 0 Å². The molecule has 0 radical (unpaired) electrons. The minimum absolute atomic E-state index is 0.926. The molecule has 4 heterocycles. The predicted octanol–water partition coefficient (Wildman–Crippen LogP) is 12.9. The summed E-state index contributed by atoms with van der Waals surface area (Å²) in [5.74, 6) is 0. The van der Waals surface area contributed by atoms with Crippen LogP contribution < -0.4 is 0 Å². The van der Waals surface area contributed by atoms with Gasteiger partial charge in [0.05, 0.1) is 22.8 Å². The van der Waals surface area contributed by atoms with Crippen LogP contribution in [0.25, 0.3) is 22.8 Å². The van der Waals surface area contributed by atoms with Gasteiger partial charge >= 0.3 is 0 Å². The fourth-order valence-electron chi connectivity index (χ4n) is 5.07. The zero-order chi connectivity index (χ0) is 34.0. The fourth-order valence-corrected chi connectivity index (χ4v) is 5.47. The number of hydrogen-bond donors (Lipinski definition) is 0. The molecule has 0 N–H and O–H groups in total. The van der Waals surface area contributed by atoms with Crippen molar-refractivity contribution >= 4 is 15.9 Å². The largest absolute Gasteiger partial charge is 0.254 e. The molecular formula is C42H61BrN4. The van der Waals surface area contributed by atoms with E-state index in [0.717, 1.165) is 35.6 Å². The van der Waals surface area contributed by atoms with Crippen LogP contribution in [0.1, 0.15) is 133 Å². The van der Waals surface area contributed by atoms with Gasteiger partial charge in [-0.05, 0) is 92.5 Å². The quantitative estimate of drug-likeness (QED) is 0.0765. The molecule has 4 aromatic rings. The lowest BCUT2D eigenvalue weighted by molar-refractivity contribution is 0.631. The first-order valence-corrected chi connectivity index (χ1v) is 19.4. The Balaban J connectivity index is 0.000000302. The van der Waals surface area contributed by atoms with Gasteiger partial charge in [-0.3, -0.25) is 19.9 Å². The molecule has 0 unspecified atom stereocenters. The zero-order valence-electron chi connectivity index (χ0n) is 30.1. The Bertz CT molecular complexity index is 1180. The summed E-state index contributed by atoms with van der Waals surface area (Å²) in [5, 5.41) is 1.17. The molecular weight excluding hydrogens is 640 g/mol. The number of nitrogens with zero attached hydrogens (tertiary/aromatic N) is 4. The van der Waals surface area contributed by atoms with Gasteiger partial charge < -0.3 is 0 Å². The molecule has 4 rings (SSSR count). The van der Waals surface area contributed by atoms with Crippen LogP contribution in [0.2, 0.25) is 0 Å². The van der Waals surface area contributed by atoms with Crippen molar-refractivity contribution in [2.45, 2.75) is 137 Å². The molecule has 0 aliphatic heterocycles. The Morgan fingerprint density at radius 2 is 0.745 bits per heavy atom. The average molecular weight is 702 g/mol. The second-order valence-corrected chi connectivity index (χ2v) is 13.4. The van der Waals surface area contributed by atoms with Crippen LogP contribution in [0.5, 0.6) is 0 Å². The van der Waals surface area contributed by atoms with Gasteiger partial charge in [0.15, 0.2) is 0 Å². The Kier molecular flexibility index (Phi) is 22.3. The minimum Gasteiger partial charge on any atom is -0.254 e. The highest BCUT2D eigenvalue weighted by Crippen LogP contribution is 2.18. The van der Waals surface area contributed by atoms with Crippen LogP contribution in [-0.2, 0) is 12.8 Å². The molecule has 0 atom stereocenters. The summed E-state index contributed by atoms with van der Waals surface area (Å²) in [6, 6.07) is 16.7. The normalized spacial score (nSPS) is 10.5. The highest BCUT2D eigenvalue weighted by Gasteiger charge is 2.03. The van der Waals surface area contributed by atoms with Gasteiger partial charge in [-0.2, -0.15) is 0 Å². The third-order valence-electron chi connectivity index (χ3n) is 8.12. The van der Waals surface area contributed by atoms with E-state index in [1.54, 1.807) is 0 Å². The van der Waals surface area contributed by atoms with Crippen LogP contribution in [0, 0.1) is 13.8 Å². The third-order valence-corrected chi connectivity index (χ3v) is 8.68. The van der Waals surface area contributed by atoms with E-state index in [1.165, 1.54) is 117 Å². The van der Waals surface area contributed by atoms with Gasteiger partial charge in [-0.25, -0.2) is 0 Å². The van der Waals surface area contributed by atoms with E-state index in [0.29, 0.717) is 0 Å². The van der Waals surface area contributed by atoms with Crippen molar-refractivity contribution in [3.63, 3.8) is 0 Å². The Labute approximate surface area is 295 Å². The highest BCUT2D eigenvalue weighted by molar-refractivity contribution is 9.09. The van der Waals surface area contributed by atoms with Gasteiger partial charge in [0.25, 0.3) is 0 Å². The standard InChI is InChI=1S/C24H36N2.C12H12N2.C6H13Br/c1-3-5-7-9-11-13-21-15-17-23(25-19-21)24-18-16-22(20-26-24)14-12-10-8-6-4-2;1-9-3-5-11(13-7-9)12-6-4-10(2)8-14-12;1-2-3-4-5-6-7/h15-20H,3-14H2,1-2H3;3-8H,1-2H3;2-6H2,1H3. The van der Waals surface area contributed by atoms with Gasteiger partial charge in [0, 0.05) is 30.1 Å². The number of pyridine rings is 4. The van der Waals surface area contributed by atoms with Crippen LogP contribution in [0.3, 0.4) is 0 Å². The van der Waals surface area contributed by atoms with E-state index in [9.17, 15) is 0 Å². The van der Waals surface area contributed by atoms with Crippen molar-refractivity contribution in [2.24, 2.45) is 0 Å². The van der Waals surface area contributed by atoms with Gasteiger partial charge in [0.2, 0.25) is 0 Å². The maximum absolute atomic E-state index is 4.63. The number of hydrogen-bond acceptors (Lipinski definition) is 4. The maximum atomic E-state index is 4.63. The Morgan fingerprint density at radius 3 is 1.04 bits per heavy atom. The summed E-state index contributed by atoms with van der Waals surface area (Å²) in [4.78, 5) is 17.9. The van der Waals surface area contributed by atoms with Crippen LogP contribution in [-0.4, -0.2) is 25.3 Å². The SMILES string of the molecule is CCCCCCBr.CCCCCCCc1ccc(-c2ccc(CCCCCCC)cn2)nc1.Cc1ccc(-c2ccc(C)cn2)nc1. The minimum atomic E-state index is 0.926. The van der Waals surface area contributed by atoms with Crippen molar-refractivity contribution in [2.75, 3.05) is 5.33 Å². The van der Waals surface area contributed by atoms with Gasteiger partial charge in [0.1, 0.15) is 0 Å². The van der Waals surface area contributed by atoms with Gasteiger partial charge in [-0.1, -0.05) is 132 Å². The first-order valence-electron chi connectivity index (χ1n) is 18.3. The van der Waals surface area contributed by atoms with Crippen LogP contribution in [0.15, 0.2) is 73.3 Å². The lowest BCUT2D eigenvalue weighted by Crippen LogP contribution is -1.93. The van der Waals surface area contributed by atoms with Crippen LogP contribution >= 0.6 is 15.9 Å². The van der Waals surface area contributed by atoms with E-state index < -0.39 is 0 Å². The smallest absolute Gasteiger partial charge is 0.0886 e. The van der Waals surface area contributed by atoms with Crippen molar-refractivity contribution in [3.05, 3.63) is 95.6 Å². The number of aromatic nitrogens is 4. The summed E-state index contributed by atoms with van der Waals surface area (Å²) in [5.41, 5.74) is 8.83. The molecule has 0 aromatic carbocycles. The van der Waals surface area contributed by atoms with E-state index in [2.05, 4.69) is 80.9 Å². The van der Waals surface area contributed by atoms with E-state index in [4.69, 9.17) is 0 Å². The topological polar surface area (TPSA) is 51.6 Å². The molecule has 0 bridgehead atoms. The first-order chi connectivity index (χ1) is 23.0. The van der Waals surface area contributed by atoms with E-state index in [-0.39, 0.29) is 0 Å². The number of aryl methyl sites for hydroxylation is 4. The molecule has 0 fully saturated rings. The summed E-state index contributed by atoms with van der Waals surface area (Å²) >= 11 is 3.38. The fraction of sp³-hybridized carbons (Fsp3) is 0.524. The molecule has 0 saturated carbocycles. The molecule has 0 amide bonds. The lowest BCUT2D eigenvalue weighted by Gasteiger charge is -2.05. The summed E-state index contributed by atoms with van der Waals surface area (Å²) in [6.45, 7) is 10.8. The number of unbranched alkanes of at least 4 members (excludes halogenated alkanes) is 11. The second kappa shape index (κ2) is 26.1. The lowest BCUT2D eigenvalue weighted by atomic mass is 10.1. The van der Waals surface area contributed by atoms with Gasteiger partial charge in [-0.15, -0.1) is 0 Å². The Hall–Kier alpha value is -2.92. The Morgan fingerprint density at radius 1 is 0.404 bits per heavy atom. The maximum Gasteiger partial charge on any atom is 0.0886 e. The summed E-state index contributed by atoms with van der Waals surface area (Å²) in [6.07, 6.45) is 28.8. The zero-order valence-corrected chi connectivity index (χ0v) is 31.7. The molecule has 0 spiro atoms. The summed E-state index contributed by atoms with van der Waals surface area (Å²) in [7, 11) is 0. The molecule has 0 saturated heterocycles. The van der Waals surface area contributed by atoms with E-state index >= 15 is 0 Å². The first kappa shape index (κ1) is 40.3. The van der Waals surface area contributed by atoms with Crippen LogP contribution in [0.4, 0.5) is 0 Å².